The Labute approximate surface area is 291 Å². The van der Waals surface area contributed by atoms with Crippen LogP contribution in [0.2, 0.25) is 0 Å². The number of thiophene rings is 1. The third-order valence-corrected chi connectivity index (χ3v) is 10.1. The van der Waals surface area contributed by atoms with Gasteiger partial charge in [0.15, 0.2) is 0 Å². The van der Waals surface area contributed by atoms with Crippen LogP contribution in [0.25, 0.3) is 0 Å². The molecule has 0 spiro atoms. The molecule has 0 saturated heterocycles. The van der Waals surface area contributed by atoms with Gasteiger partial charge < -0.3 is 20.3 Å². The summed E-state index contributed by atoms with van der Waals surface area (Å²) in [7, 11) is 0. The lowest BCUT2D eigenvalue weighted by atomic mass is 9.95. The first-order valence-corrected chi connectivity index (χ1v) is 18.0. The Morgan fingerprint density at radius 3 is 2.39 bits per heavy atom. The monoisotopic (exact) mass is 678 g/mol. The molecule has 2 aromatic heterocycles. The lowest BCUT2D eigenvalue weighted by Gasteiger charge is -2.23. The van der Waals surface area contributed by atoms with Gasteiger partial charge >= 0.3 is 5.97 Å². The number of pyridine rings is 1. The largest absolute Gasteiger partial charge is 0.466 e. The van der Waals surface area contributed by atoms with Crippen LogP contribution in [0.4, 0.5) is 10.7 Å². The first-order valence-electron chi connectivity index (χ1n) is 17.2. The predicted molar refractivity (Wildman–Crippen MR) is 191 cm³/mol. The number of esters is 1. The van der Waals surface area contributed by atoms with Gasteiger partial charge in [-0.2, -0.15) is 0 Å². The molecule has 0 radical (unpaired) electrons. The molecule has 2 aliphatic rings. The van der Waals surface area contributed by atoms with E-state index in [1.54, 1.807) is 25.4 Å². The fourth-order valence-corrected chi connectivity index (χ4v) is 7.56. The van der Waals surface area contributed by atoms with Crippen molar-refractivity contribution >= 4 is 45.7 Å². The van der Waals surface area contributed by atoms with Crippen LogP contribution in [0.15, 0.2) is 73.1 Å². The molecule has 6 rings (SSSR count). The van der Waals surface area contributed by atoms with Crippen LogP contribution in [-0.2, 0) is 40.1 Å². The van der Waals surface area contributed by atoms with Gasteiger partial charge in [-0.05, 0) is 117 Å². The van der Waals surface area contributed by atoms with E-state index in [9.17, 15) is 19.2 Å². The summed E-state index contributed by atoms with van der Waals surface area (Å²) in [6.07, 6.45) is 10.9. The molecule has 0 bridgehead atoms. The van der Waals surface area contributed by atoms with Crippen LogP contribution < -0.4 is 10.6 Å². The zero-order chi connectivity index (χ0) is 34.2. The molecule has 0 unspecified atom stereocenters. The molecule has 3 amide bonds. The number of benzene rings is 2. The van der Waals surface area contributed by atoms with Crippen molar-refractivity contribution in [3.05, 3.63) is 111 Å². The maximum absolute atomic E-state index is 13.8. The van der Waals surface area contributed by atoms with Gasteiger partial charge in [0.1, 0.15) is 5.00 Å². The minimum atomic E-state index is -0.298. The fraction of sp³-hybridized carbons (Fsp3) is 0.359. The fourth-order valence-electron chi connectivity index (χ4n) is 6.28. The molecule has 1 fully saturated rings. The second kappa shape index (κ2) is 16.0. The number of carbonyl (C=O) groups excluding carboxylic acids is 4. The Morgan fingerprint density at radius 2 is 1.63 bits per heavy atom. The molecular formula is C39H42N4O5S. The Balaban J connectivity index is 1.13. The molecule has 9 nitrogen and oxygen atoms in total. The van der Waals surface area contributed by atoms with E-state index >= 15 is 0 Å². The van der Waals surface area contributed by atoms with Crippen LogP contribution >= 0.6 is 11.3 Å². The number of fused-ring (bicyclic) bond motifs is 1. The molecule has 254 valence electrons. The van der Waals surface area contributed by atoms with E-state index in [-0.39, 0.29) is 42.6 Å². The normalized spacial score (nSPS) is 13.7. The molecule has 2 aliphatic carbocycles. The Hall–Kier alpha value is -4.83. The lowest BCUT2D eigenvalue weighted by Crippen LogP contribution is -2.32. The van der Waals surface area contributed by atoms with Crippen molar-refractivity contribution in [3.63, 3.8) is 0 Å². The maximum Gasteiger partial charge on any atom is 0.305 e. The van der Waals surface area contributed by atoms with Crippen molar-refractivity contribution in [3.8, 4) is 0 Å². The summed E-state index contributed by atoms with van der Waals surface area (Å²) >= 11 is 1.49. The molecule has 2 N–H and O–H groups in total. The highest BCUT2D eigenvalue weighted by Gasteiger charge is 2.32. The summed E-state index contributed by atoms with van der Waals surface area (Å²) < 4.78 is 4.98. The van der Waals surface area contributed by atoms with Crippen molar-refractivity contribution in [1.82, 2.24) is 9.88 Å². The van der Waals surface area contributed by atoms with Crippen LogP contribution in [0.5, 0.6) is 0 Å². The van der Waals surface area contributed by atoms with Gasteiger partial charge in [0.25, 0.3) is 11.8 Å². The Morgan fingerprint density at radius 1 is 0.878 bits per heavy atom. The maximum atomic E-state index is 13.8. The number of carbonyl (C=O) groups is 4. The Kier molecular flexibility index (Phi) is 11.1. The van der Waals surface area contributed by atoms with E-state index in [4.69, 9.17) is 4.74 Å². The average Bonchev–Trinajstić information content (AvgIpc) is 3.88. The molecule has 0 aliphatic heterocycles. The second-order valence-electron chi connectivity index (χ2n) is 12.7. The van der Waals surface area contributed by atoms with E-state index in [1.807, 2.05) is 59.5 Å². The number of nitrogens with one attached hydrogen (secondary N) is 2. The van der Waals surface area contributed by atoms with Gasteiger partial charge in [0.05, 0.1) is 12.2 Å². The minimum absolute atomic E-state index is 0.00450. The summed E-state index contributed by atoms with van der Waals surface area (Å²) in [5, 5.41) is 6.69. The number of aryl methyl sites for hydroxylation is 1. The van der Waals surface area contributed by atoms with Crippen LogP contribution in [0.1, 0.15) is 99.7 Å². The van der Waals surface area contributed by atoms with Gasteiger partial charge in [-0.15, -0.1) is 11.3 Å². The van der Waals surface area contributed by atoms with E-state index in [2.05, 4.69) is 15.6 Å². The van der Waals surface area contributed by atoms with E-state index in [0.29, 0.717) is 41.4 Å². The van der Waals surface area contributed by atoms with Crippen molar-refractivity contribution in [2.75, 3.05) is 17.2 Å². The van der Waals surface area contributed by atoms with Gasteiger partial charge in [-0.25, -0.2) is 0 Å². The number of amides is 3. The third-order valence-electron chi connectivity index (χ3n) is 8.92. The second-order valence-corrected chi connectivity index (χ2v) is 13.8. The number of rotatable bonds is 14. The van der Waals surface area contributed by atoms with Gasteiger partial charge in [0, 0.05) is 53.9 Å². The molecule has 2 aromatic carbocycles. The predicted octanol–water partition coefficient (Wildman–Crippen LogP) is 7.34. The van der Waals surface area contributed by atoms with Crippen LogP contribution in [0.3, 0.4) is 0 Å². The first-order chi connectivity index (χ1) is 23.9. The topological polar surface area (TPSA) is 118 Å². The van der Waals surface area contributed by atoms with Crippen LogP contribution in [0, 0.1) is 0 Å². The molecule has 1 saturated carbocycles. The van der Waals surface area contributed by atoms with Crippen LogP contribution in [-0.4, -0.2) is 46.2 Å². The van der Waals surface area contributed by atoms with E-state index < -0.39 is 0 Å². The zero-order valence-corrected chi connectivity index (χ0v) is 28.7. The lowest BCUT2D eigenvalue weighted by molar-refractivity contribution is -0.143. The molecular weight excluding hydrogens is 637 g/mol. The first kappa shape index (κ1) is 34.0. The number of hydrogen-bond donors (Lipinski definition) is 2. The number of anilines is 2. The highest BCUT2D eigenvalue weighted by Crippen LogP contribution is 2.39. The molecule has 0 atom stereocenters. The van der Waals surface area contributed by atoms with Crippen molar-refractivity contribution in [1.29, 1.82) is 0 Å². The highest BCUT2D eigenvalue weighted by atomic mass is 32.1. The van der Waals surface area contributed by atoms with Gasteiger partial charge in [0.2, 0.25) is 5.91 Å². The molecule has 2 heterocycles. The quantitative estimate of drug-likeness (QED) is 0.135. The summed E-state index contributed by atoms with van der Waals surface area (Å²) in [5.74, 6) is -0.809. The number of aromatic nitrogens is 1. The van der Waals surface area contributed by atoms with E-state index in [1.165, 1.54) is 16.9 Å². The summed E-state index contributed by atoms with van der Waals surface area (Å²) in [6, 6.07) is 19.3. The molecule has 10 heteroatoms. The number of ether oxygens (including phenoxy) is 1. The standard InChI is InChI=1S/C39H42N4O5S/c1-2-48-35(45)12-6-11-34(44)43(31-17-18-31)25-28-7-5-8-29(24-28)37(46)42-39-36(32-9-3-4-10-33(32)49-39)38(47)41-30-15-13-26(14-16-30)23-27-19-21-40-22-20-27/h5,7-8,13-16,19-22,24,31H,2-4,6,9-12,17-18,23,25H2,1H3,(H,41,47)(H,42,46). The third kappa shape index (κ3) is 9.00. The SMILES string of the molecule is CCOC(=O)CCCC(=O)N(Cc1cccc(C(=O)Nc2sc3c(c2C(=O)Nc2ccc(Cc4ccncc4)cc2)CCCC3)c1)C1CC1. The zero-order valence-electron chi connectivity index (χ0n) is 27.8. The number of nitrogens with zero attached hydrogens (tertiary/aromatic N) is 2. The summed E-state index contributed by atoms with van der Waals surface area (Å²) in [5.41, 5.74) is 5.87. The average molecular weight is 679 g/mol. The van der Waals surface area contributed by atoms with E-state index in [0.717, 1.165) is 66.5 Å². The molecule has 4 aromatic rings. The summed E-state index contributed by atoms with van der Waals surface area (Å²) in [6.45, 7) is 2.49. The van der Waals surface area contributed by atoms with Gasteiger partial charge in [-0.1, -0.05) is 24.3 Å². The van der Waals surface area contributed by atoms with Crippen molar-refractivity contribution in [2.24, 2.45) is 0 Å². The smallest absolute Gasteiger partial charge is 0.305 e. The number of hydrogen-bond acceptors (Lipinski definition) is 7. The van der Waals surface area contributed by atoms with Crippen molar-refractivity contribution in [2.45, 2.75) is 83.7 Å². The van der Waals surface area contributed by atoms with Crippen molar-refractivity contribution < 1.29 is 23.9 Å². The van der Waals surface area contributed by atoms with Gasteiger partial charge in [-0.3, -0.25) is 24.2 Å². The Bertz CT molecular complexity index is 1800. The minimum Gasteiger partial charge on any atom is -0.466 e. The molecule has 49 heavy (non-hydrogen) atoms. The highest BCUT2D eigenvalue weighted by molar-refractivity contribution is 7.17. The summed E-state index contributed by atoms with van der Waals surface area (Å²) in [4.78, 5) is 59.4.